The highest BCUT2D eigenvalue weighted by atomic mass is 35.5. The highest BCUT2D eigenvalue weighted by Gasteiger charge is 2.87. The Hall–Kier alpha value is 0.320. The van der Waals surface area contributed by atoms with Gasteiger partial charge in [-0.3, -0.25) is 14.4 Å². The van der Waals surface area contributed by atoms with Gasteiger partial charge < -0.3 is 0 Å². The molecule has 0 unspecified atom stereocenters. The molecule has 1 heterocycles. The lowest BCUT2D eigenvalue weighted by Gasteiger charge is -2.34. The molecule has 2 amide bonds. The fourth-order valence-electron chi connectivity index (χ4n) is 3.22. The van der Waals surface area contributed by atoms with Crippen LogP contribution in [0.15, 0.2) is 22.7 Å². The smallest absolute Gasteiger partial charge is 0.259 e. The number of alkyl halides is 4. The Morgan fingerprint density at radius 3 is 1.82 bits per heavy atom. The summed E-state index contributed by atoms with van der Waals surface area (Å²) in [4.78, 5) is 26.5. The summed E-state index contributed by atoms with van der Waals surface area (Å²) in [5.74, 6) is -3.78. The molecule has 1 aliphatic heterocycles. The van der Waals surface area contributed by atoms with Crippen LogP contribution in [0.1, 0.15) is 0 Å². The van der Waals surface area contributed by atoms with Gasteiger partial charge in [-0.05, 0) is 0 Å². The van der Waals surface area contributed by atoms with E-state index in [-0.39, 0.29) is 16.7 Å². The molecule has 120 valence electrons. The molecule has 1 saturated heterocycles. The van der Waals surface area contributed by atoms with E-state index in [4.69, 9.17) is 74.4 Å². The maximum Gasteiger partial charge on any atom is 0.259 e. The molecule has 10 heteroatoms. The topological polar surface area (TPSA) is 46.6 Å². The summed E-state index contributed by atoms with van der Waals surface area (Å²) >= 11 is 37.8. The standard InChI is InChI=1S/C12H7Cl6NO3/c1-2-3-22-19-8(20)4-5(9(19)21)11(16)7(14)6(13)10(4,15)12(11,17)18/h2,4-5H,1,3H2/t4-,5-,10+,11+/m0/s1. The number of rotatable bonds is 3. The van der Waals surface area contributed by atoms with E-state index < -0.39 is 37.7 Å². The van der Waals surface area contributed by atoms with E-state index in [1.807, 2.05) is 0 Å². The van der Waals surface area contributed by atoms with Gasteiger partial charge in [0.05, 0.1) is 28.5 Å². The first-order valence-electron chi connectivity index (χ1n) is 6.02. The summed E-state index contributed by atoms with van der Waals surface area (Å²) in [6.45, 7) is 3.39. The molecule has 0 N–H and O–H groups in total. The minimum Gasteiger partial charge on any atom is -0.272 e. The number of hydroxylamine groups is 2. The number of hydrogen-bond donors (Lipinski definition) is 0. The van der Waals surface area contributed by atoms with Crippen LogP contribution >= 0.6 is 69.6 Å². The summed E-state index contributed by atoms with van der Waals surface area (Å²) in [6.07, 6.45) is 1.38. The van der Waals surface area contributed by atoms with Crippen LogP contribution in [0.2, 0.25) is 0 Å². The van der Waals surface area contributed by atoms with Crippen molar-refractivity contribution in [1.82, 2.24) is 5.06 Å². The Bertz CT molecular complexity index is 603. The molecule has 3 rings (SSSR count). The van der Waals surface area contributed by atoms with Crippen LogP contribution in [-0.2, 0) is 14.4 Å². The molecule has 2 aliphatic carbocycles. The SMILES string of the molecule is C=CCON1C(=O)[C@@H]2[C@@H](C1=O)[C@@]1(Cl)C(Cl)=C(Cl)[C@@]2(Cl)C1(Cl)Cl. The summed E-state index contributed by atoms with van der Waals surface area (Å²) in [5.41, 5.74) is 0. The summed E-state index contributed by atoms with van der Waals surface area (Å²) in [6, 6.07) is 0. The van der Waals surface area contributed by atoms with E-state index in [0.29, 0.717) is 5.06 Å². The van der Waals surface area contributed by atoms with Crippen LogP contribution in [0.4, 0.5) is 0 Å². The fraction of sp³-hybridized carbons (Fsp3) is 0.500. The Balaban J connectivity index is 2.17. The molecular formula is C12H7Cl6NO3. The second kappa shape index (κ2) is 4.92. The van der Waals surface area contributed by atoms with Crippen molar-refractivity contribution in [3.63, 3.8) is 0 Å². The van der Waals surface area contributed by atoms with E-state index in [9.17, 15) is 9.59 Å². The van der Waals surface area contributed by atoms with E-state index in [0.717, 1.165) is 0 Å². The van der Waals surface area contributed by atoms with Gasteiger partial charge in [0.1, 0.15) is 9.75 Å². The second-order valence-corrected chi connectivity index (χ2v) is 8.41. The van der Waals surface area contributed by atoms with Crippen LogP contribution < -0.4 is 0 Å². The molecule has 0 aromatic carbocycles. The van der Waals surface area contributed by atoms with Crippen LogP contribution in [-0.4, -0.2) is 37.6 Å². The summed E-state index contributed by atoms with van der Waals surface area (Å²) < 4.78 is -1.93. The first-order chi connectivity index (χ1) is 10.1. The van der Waals surface area contributed by atoms with Crippen molar-refractivity contribution < 1.29 is 14.4 Å². The third-order valence-corrected chi connectivity index (χ3v) is 8.45. The lowest BCUT2D eigenvalue weighted by molar-refractivity contribution is -0.186. The first-order valence-corrected chi connectivity index (χ1v) is 8.28. The molecule has 2 fully saturated rings. The predicted molar refractivity (Wildman–Crippen MR) is 85.3 cm³/mol. The molecule has 0 aromatic rings. The Kier molecular flexibility index (Phi) is 3.83. The van der Waals surface area contributed by atoms with Crippen LogP contribution in [0.25, 0.3) is 0 Å². The van der Waals surface area contributed by atoms with Crippen molar-refractivity contribution in [3.05, 3.63) is 22.7 Å². The van der Waals surface area contributed by atoms with Gasteiger partial charge in [0.25, 0.3) is 11.8 Å². The highest BCUT2D eigenvalue weighted by molar-refractivity contribution is 6.66. The van der Waals surface area contributed by atoms with Crippen molar-refractivity contribution in [2.45, 2.75) is 14.1 Å². The van der Waals surface area contributed by atoms with Crippen molar-refractivity contribution in [3.8, 4) is 0 Å². The number of amides is 2. The molecule has 0 aromatic heterocycles. The molecule has 3 aliphatic rings. The van der Waals surface area contributed by atoms with Crippen LogP contribution in [0.5, 0.6) is 0 Å². The number of carbonyl (C=O) groups is 2. The Morgan fingerprint density at radius 2 is 1.45 bits per heavy atom. The van der Waals surface area contributed by atoms with Crippen molar-refractivity contribution in [2.75, 3.05) is 6.61 Å². The second-order valence-electron chi connectivity index (χ2n) is 5.14. The van der Waals surface area contributed by atoms with Crippen molar-refractivity contribution in [1.29, 1.82) is 0 Å². The van der Waals surface area contributed by atoms with Gasteiger partial charge >= 0.3 is 0 Å². The molecule has 2 bridgehead atoms. The number of fused-ring (bicyclic) bond motifs is 5. The average molecular weight is 426 g/mol. The third-order valence-electron chi connectivity index (χ3n) is 4.19. The van der Waals surface area contributed by atoms with Crippen molar-refractivity contribution in [2.24, 2.45) is 11.8 Å². The Labute approximate surface area is 155 Å². The maximum atomic E-state index is 12.5. The van der Waals surface area contributed by atoms with E-state index in [1.165, 1.54) is 6.08 Å². The van der Waals surface area contributed by atoms with Crippen molar-refractivity contribution >= 4 is 81.4 Å². The Morgan fingerprint density at radius 1 is 1.05 bits per heavy atom. The molecule has 4 atom stereocenters. The zero-order chi connectivity index (χ0) is 16.7. The van der Waals surface area contributed by atoms with Gasteiger partial charge in [-0.2, -0.15) is 5.06 Å². The number of nitrogens with zero attached hydrogens (tertiary/aromatic N) is 1. The third kappa shape index (κ3) is 1.53. The predicted octanol–water partition coefficient (Wildman–Crippen LogP) is 3.55. The van der Waals surface area contributed by atoms with E-state index in [2.05, 4.69) is 6.58 Å². The quantitative estimate of drug-likeness (QED) is 0.394. The summed E-state index contributed by atoms with van der Waals surface area (Å²) in [7, 11) is 0. The monoisotopic (exact) mass is 423 g/mol. The van der Waals surface area contributed by atoms with Gasteiger partial charge in [-0.1, -0.05) is 52.5 Å². The first kappa shape index (κ1) is 17.2. The molecule has 0 spiro atoms. The molecule has 4 nitrogen and oxygen atoms in total. The normalized spacial score (nSPS) is 42.4. The zero-order valence-corrected chi connectivity index (χ0v) is 15.1. The van der Waals surface area contributed by atoms with Crippen LogP contribution in [0, 0.1) is 11.8 Å². The lowest BCUT2D eigenvalue weighted by atomic mass is 9.84. The van der Waals surface area contributed by atoms with Gasteiger partial charge in [0, 0.05) is 0 Å². The number of hydrogen-bond acceptors (Lipinski definition) is 3. The number of allylic oxidation sites excluding steroid dienone is 2. The summed E-state index contributed by atoms with van der Waals surface area (Å²) in [5, 5.41) is 0.320. The van der Waals surface area contributed by atoms with Gasteiger partial charge in [0.2, 0.25) is 0 Å². The largest absolute Gasteiger partial charge is 0.272 e. The minimum atomic E-state index is -1.93. The molecule has 22 heavy (non-hydrogen) atoms. The lowest BCUT2D eigenvalue weighted by Crippen LogP contribution is -2.50. The molecule has 0 radical (unpaired) electrons. The highest BCUT2D eigenvalue weighted by Crippen LogP contribution is 2.77. The van der Waals surface area contributed by atoms with Gasteiger partial charge in [-0.15, -0.1) is 29.8 Å². The zero-order valence-electron chi connectivity index (χ0n) is 10.6. The number of carbonyl (C=O) groups excluding carboxylic acids is 2. The average Bonchev–Trinajstić information content (AvgIpc) is 2.83. The number of imide groups is 1. The number of halogens is 6. The maximum absolute atomic E-state index is 12.5. The van der Waals surface area contributed by atoms with Gasteiger partial charge in [0.15, 0.2) is 4.33 Å². The van der Waals surface area contributed by atoms with E-state index >= 15 is 0 Å². The molecule has 1 saturated carbocycles. The molecular weight excluding hydrogens is 419 g/mol. The van der Waals surface area contributed by atoms with Crippen LogP contribution in [0.3, 0.4) is 0 Å². The van der Waals surface area contributed by atoms with E-state index in [1.54, 1.807) is 0 Å². The minimum absolute atomic E-state index is 0.0523. The van der Waals surface area contributed by atoms with Gasteiger partial charge in [-0.25, -0.2) is 0 Å². The fourth-order valence-corrected chi connectivity index (χ4v) is 6.15.